The van der Waals surface area contributed by atoms with Crippen LogP contribution in [0.4, 0.5) is 0 Å². The third kappa shape index (κ3) is 2.76. The maximum absolute atomic E-state index is 12.5. The molecule has 1 saturated heterocycles. The lowest BCUT2D eigenvalue weighted by atomic mass is 9.87. The molecule has 0 unspecified atom stereocenters. The second-order valence-corrected chi connectivity index (χ2v) is 5.29. The molecule has 1 aromatic carbocycles. The van der Waals surface area contributed by atoms with Crippen molar-refractivity contribution >= 4 is 5.91 Å². The van der Waals surface area contributed by atoms with Crippen molar-refractivity contribution in [2.75, 3.05) is 34.4 Å². The Morgan fingerprint density at radius 3 is 2.10 bits per heavy atom. The Bertz CT molecular complexity index is 513. The van der Waals surface area contributed by atoms with E-state index in [2.05, 4.69) is 0 Å². The van der Waals surface area contributed by atoms with Crippen LogP contribution in [0.3, 0.4) is 0 Å². The van der Waals surface area contributed by atoms with Crippen LogP contribution < -0.4 is 19.9 Å². The van der Waals surface area contributed by atoms with E-state index in [4.69, 9.17) is 19.9 Å². The zero-order valence-electron chi connectivity index (χ0n) is 12.9. The van der Waals surface area contributed by atoms with Crippen LogP contribution in [-0.2, 0) is 0 Å². The van der Waals surface area contributed by atoms with Crippen LogP contribution >= 0.6 is 0 Å². The van der Waals surface area contributed by atoms with Crippen LogP contribution in [0.5, 0.6) is 17.2 Å². The Morgan fingerprint density at radius 1 is 1.19 bits per heavy atom. The van der Waals surface area contributed by atoms with E-state index < -0.39 is 0 Å². The average molecular weight is 294 g/mol. The van der Waals surface area contributed by atoms with Crippen LogP contribution in [0.2, 0.25) is 0 Å². The highest BCUT2D eigenvalue weighted by atomic mass is 16.5. The minimum atomic E-state index is -0.254. The standard InChI is InChI=1S/C15H22N2O4/c1-5-15(16)8-17(9-15)14(18)10-6-11(19-2)13(21-4)12(7-10)20-3/h6-7H,5,8-9,16H2,1-4H3. The molecule has 21 heavy (non-hydrogen) atoms. The van der Waals surface area contributed by atoms with Crippen molar-refractivity contribution in [1.29, 1.82) is 0 Å². The third-order valence-corrected chi connectivity index (χ3v) is 3.91. The predicted octanol–water partition coefficient (Wildman–Crippen LogP) is 1.28. The molecule has 1 aliphatic rings. The van der Waals surface area contributed by atoms with Crippen molar-refractivity contribution in [3.05, 3.63) is 17.7 Å². The molecule has 0 atom stereocenters. The summed E-state index contributed by atoms with van der Waals surface area (Å²) in [6, 6.07) is 3.32. The van der Waals surface area contributed by atoms with E-state index >= 15 is 0 Å². The largest absolute Gasteiger partial charge is 0.493 e. The Balaban J connectivity index is 2.26. The minimum absolute atomic E-state index is 0.0798. The number of benzene rings is 1. The SMILES string of the molecule is CCC1(N)CN(C(=O)c2cc(OC)c(OC)c(OC)c2)C1. The van der Waals surface area contributed by atoms with E-state index in [0.29, 0.717) is 35.9 Å². The lowest BCUT2D eigenvalue weighted by Crippen LogP contribution is -2.68. The van der Waals surface area contributed by atoms with E-state index in [0.717, 1.165) is 6.42 Å². The van der Waals surface area contributed by atoms with E-state index in [9.17, 15) is 4.79 Å². The molecular formula is C15H22N2O4. The summed E-state index contributed by atoms with van der Waals surface area (Å²) in [4.78, 5) is 14.2. The Morgan fingerprint density at radius 2 is 1.71 bits per heavy atom. The van der Waals surface area contributed by atoms with Gasteiger partial charge in [0.05, 0.1) is 26.9 Å². The zero-order valence-corrected chi connectivity index (χ0v) is 12.9. The fourth-order valence-corrected chi connectivity index (χ4v) is 2.47. The van der Waals surface area contributed by atoms with Crippen molar-refractivity contribution in [3.63, 3.8) is 0 Å². The Hall–Kier alpha value is -1.95. The molecule has 2 N–H and O–H groups in total. The molecule has 0 bridgehead atoms. The average Bonchev–Trinajstić information content (AvgIpc) is 2.49. The molecule has 6 nitrogen and oxygen atoms in total. The second kappa shape index (κ2) is 5.81. The van der Waals surface area contributed by atoms with Crippen LogP contribution in [0.15, 0.2) is 12.1 Å². The zero-order chi connectivity index (χ0) is 15.6. The first-order chi connectivity index (χ1) is 9.97. The number of rotatable bonds is 5. The van der Waals surface area contributed by atoms with Crippen LogP contribution in [0.25, 0.3) is 0 Å². The van der Waals surface area contributed by atoms with Gasteiger partial charge in [0.1, 0.15) is 0 Å². The number of amides is 1. The van der Waals surface area contributed by atoms with E-state index in [1.807, 2.05) is 6.92 Å². The summed E-state index contributed by atoms with van der Waals surface area (Å²) in [6.07, 6.45) is 0.853. The molecule has 116 valence electrons. The highest BCUT2D eigenvalue weighted by Gasteiger charge is 2.40. The number of carbonyl (C=O) groups is 1. The molecule has 0 aliphatic carbocycles. The van der Waals surface area contributed by atoms with Gasteiger partial charge in [0, 0.05) is 18.7 Å². The van der Waals surface area contributed by atoms with E-state index in [1.54, 1.807) is 17.0 Å². The molecule has 0 radical (unpaired) electrons. The normalized spacial score (nSPS) is 16.1. The monoisotopic (exact) mass is 294 g/mol. The molecule has 1 heterocycles. The van der Waals surface area contributed by atoms with Crippen molar-refractivity contribution in [2.24, 2.45) is 5.73 Å². The number of nitrogens with zero attached hydrogens (tertiary/aromatic N) is 1. The van der Waals surface area contributed by atoms with Crippen LogP contribution in [0, 0.1) is 0 Å². The van der Waals surface area contributed by atoms with Gasteiger partial charge in [-0.25, -0.2) is 0 Å². The first-order valence-electron chi connectivity index (χ1n) is 6.86. The molecule has 1 fully saturated rings. The fraction of sp³-hybridized carbons (Fsp3) is 0.533. The Labute approximate surface area is 124 Å². The molecule has 6 heteroatoms. The molecule has 1 aromatic rings. The number of nitrogens with two attached hydrogens (primary N) is 1. The summed E-state index contributed by atoms with van der Waals surface area (Å²) in [5, 5.41) is 0. The maximum atomic E-state index is 12.5. The van der Waals surface area contributed by atoms with Crippen molar-refractivity contribution in [3.8, 4) is 17.2 Å². The number of ether oxygens (including phenoxy) is 3. The number of methoxy groups -OCH3 is 3. The van der Waals surface area contributed by atoms with Crippen LogP contribution in [-0.4, -0.2) is 50.8 Å². The van der Waals surface area contributed by atoms with Gasteiger partial charge < -0.3 is 24.8 Å². The molecule has 0 spiro atoms. The minimum Gasteiger partial charge on any atom is -0.493 e. The molecule has 1 amide bonds. The summed E-state index contributed by atoms with van der Waals surface area (Å²) in [5.41, 5.74) is 6.35. The number of carbonyl (C=O) groups excluding carboxylic acids is 1. The highest BCUT2D eigenvalue weighted by molar-refractivity contribution is 5.96. The lowest BCUT2D eigenvalue weighted by molar-refractivity contribution is 0.0400. The van der Waals surface area contributed by atoms with Gasteiger partial charge in [-0.15, -0.1) is 0 Å². The second-order valence-electron chi connectivity index (χ2n) is 5.29. The third-order valence-electron chi connectivity index (χ3n) is 3.91. The van der Waals surface area contributed by atoms with Gasteiger partial charge in [-0.2, -0.15) is 0 Å². The number of likely N-dealkylation sites (tertiary alicyclic amines) is 1. The summed E-state index contributed by atoms with van der Waals surface area (Å²) in [5.74, 6) is 1.33. The van der Waals surface area contributed by atoms with Crippen molar-refractivity contribution in [1.82, 2.24) is 4.90 Å². The van der Waals surface area contributed by atoms with Gasteiger partial charge in [-0.05, 0) is 18.6 Å². The highest BCUT2D eigenvalue weighted by Crippen LogP contribution is 2.39. The fourth-order valence-electron chi connectivity index (χ4n) is 2.47. The summed E-state index contributed by atoms with van der Waals surface area (Å²) in [6.45, 7) is 3.17. The Kier molecular flexibility index (Phi) is 4.27. The molecule has 0 aromatic heterocycles. The molecule has 2 rings (SSSR count). The maximum Gasteiger partial charge on any atom is 0.254 e. The topological polar surface area (TPSA) is 74.0 Å². The quantitative estimate of drug-likeness (QED) is 0.885. The van der Waals surface area contributed by atoms with E-state index in [-0.39, 0.29) is 11.4 Å². The number of hydrogen-bond donors (Lipinski definition) is 1. The van der Waals surface area contributed by atoms with Gasteiger partial charge in [0.25, 0.3) is 5.91 Å². The van der Waals surface area contributed by atoms with Gasteiger partial charge in [0.15, 0.2) is 11.5 Å². The molecule has 1 aliphatic heterocycles. The summed E-state index contributed by atoms with van der Waals surface area (Å²) < 4.78 is 15.8. The van der Waals surface area contributed by atoms with Gasteiger partial charge in [0.2, 0.25) is 5.75 Å². The smallest absolute Gasteiger partial charge is 0.254 e. The molecular weight excluding hydrogens is 272 g/mol. The van der Waals surface area contributed by atoms with Crippen molar-refractivity contribution in [2.45, 2.75) is 18.9 Å². The summed E-state index contributed by atoms with van der Waals surface area (Å²) in [7, 11) is 4.58. The van der Waals surface area contributed by atoms with Crippen molar-refractivity contribution < 1.29 is 19.0 Å². The van der Waals surface area contributed by atoms with Gasteiger partial charge in [-0.3, -0.25) is 4.79 Å². The van der Waals surface area contributed by atoms with Gasteiger partial charge >= 0.3 is 0 Å². The lowest BCUT2D eigenvalue weighted by Gasteiger charge is -2.47. The van der Waals surface area contributed by atoms with Gasteiger partial charge in [-0.1, -0.05) is 6.92 Å². The summed E-state index contributed by atoms with van der Waals surface area (Å²) >= 11 is 0. The van der Waals surface area contributed by atoms with Crippen LogP contribution in [0.1, 0.15) is 23.7 Å². The molecule has 0 saturated carbocycles. The predicted molar refractivity (Wildman–Crippen MR) is 79.2 cm³/mol. The first-order valence-corrected chi connectivity index (χ1v) is 6.86. The first kappa shape index (κ1) is 15.4. The van der Waals surface area contributed by atoms with E-state index in [1.165, 1.54) is 21.3 Å². The number of hydrogen-bond acceptors (Lipinski definition) is 5.